The number of hydrogen-bond acceptors (Lipinski definition) is 7. The van der Waals surface area contributed by atoms with Gasteiger partial charge in [-0.3, -0.25) is 19.9 Å². The van der Waals surface area contributed by atoms with Gasteiger partial charge < -0.3 is 9.72 Å². The normalized spacial score (nSPS) is 10.9. The summed E-state index contributed by atoms with van der Waals surface area (Å²) in [6.07, 6.45) is 3.31. The minimum Gasteiger partial charge on any atom is -0.460 e. The highest BCUT2D eigenvalue weighted by Gasteiger charge is 2.18. The van der Waals surface area contributed by atoms with E-state index in [0.717, 1.165) is 11.3 Å². The van der Waals surface area contributed by atoms with Crippen molar-refractivity contribution in [1.82, 2.24) is 15.0 Å². The van der Waals surface area contributed by atoms with E-state index in [-0.39, 0.29) is 24.6 Å². The van der Waals surface area contributed by atoms with Gasteiger partial charge in [-0.05, 0) is 18.1 Å². The monoisotopic (exact) mass is 412 g/mol. The van der Waals surface area contributed by atoms with Crippen LogP contribution in [0.1, 0.15) is 36.8 Å². The summed E-state index contributed by atoms with van der Waals surface area (Å²) in [4.78, 5) is 35.1. The van der Waals surface area contributed by atoms with Gasteiger partial charge in [0.05, 0.1) is 10.6 Å². The van der Waals surface area contributed by atoms with Crippen molar-refractivity contribution in [3.8, 4) is 0 Å². The van der Waals surface area contributed by atoms with Crippen LogP contribution in [0.2, 0.25) is 0 Å². The number of imidazole rings is 1. The van der Waals surface area contributed by atoms with E-state index in [1.807, 2.05) is 19.9 Å². The van der Waals surface area contributed by atoms with Crippen LogP contribution in [0.5, 0.6) is 0 Å². The number of esters is 1. The Balaban J connectivity index is 1.70. The van der Waals surface area contributed by atoms with Gasteiger partial charge in [-0.1, -0.05) is 37.7 Å². The number of aromatic amines is 1. The van der Waals surface area contributed by atoms with Gasteiger partial charge in [0.2, 0.25) is 0 Å². The number of rotatable bonds is 8. The Morgan fingerprint density at radius 2 is 2.14 bits per heavy atom. The Morgan fingerprint density at radius 1 is 1.31 bits per heavy atom. The van der Waals surface area contributed by atoms with Crippen molar-refractivity contribution in [2.45, 2.75) is 42.7 Å². The molecular formula is C20H20N4O4S. The summed E-state index contributed by atoms with van der Waals surface area (Å²) in [5.74, 6) is 0.242. The summed E-state index contributed by atoms with van der Waals surface area (Å²) in [6, 6.07) is 9.99. The molecule has 29 heavy (non-hydrogen) atoms. The van der Waals surface area contributed by atoms with E-state index in [2.05, 4.69) is 15.0 Å². The van der Waals surface area contributed by atoms with Gasteiger partial charge in [-0.15, -0.1) is 0 Å². The third-order valence-corrected chi connectivity index (χ3v) is 4.99. The van der Waals surface area contributed by atoms with Gasteiger partial charge in [0, 0.05) is 35.0 Å². The molecule has 0 bridgehead atoms. The maximum absolute atomic E-state index is 12.2. The second-order valence-electron chi connectivity index (χ2n) is 6.61. The van der Waals surface area contributed by atoms with Crippen LogP contribution in [0.15, 0.2) is 58.7 Å². The first kappa shape index (κ1) is 20.5. The smallest absolute Gasteiger partial charge is 0.313 e. The Morgan fingerprint density at radius 3 is 2.83 bits per heavy atom. The number of non-ortho nitro benzene ring substituents is 1. The van der Waals surface area contributed by atoms with Crippen molar-refractivity contribution in [3.05, 3.63) is 76.0 Å². The molecule has 0 amide bonds. The van der Waals surface area contributed by atoms with Crippen LogP contribution < -0.4 is 0 Å². The highest BCUT2D eigenvalue weighted by molar-refractivity contribution is 7.99. The molecule has 0 aliphatic carbocycles. The van der Waals surface area contributed by atoms with Crippen molar-refractivity contribution in [2.24, 2.45) is 0 Å². The molecule has 3 aromatic rings. The average molecular weight is 412 g/mol. The lowest BCUT2D eigenvalue weighted by Crippen LogP contribution is -2.09. The number of benzene rings is 1. The highest BCUT2D eigenvalue weighted by Crippen LogP contribution is 2.34. The number of aromatic nitrogens is 3. The van der Waals surface area contributed by atoms with Crippen LogP contribution in [0.4, 0.5) is 5.69 Å². The maximum Gasteiger partial charge on any atom is 0.313 e. The van der Waals surface area contributed by atoms with Gasteiger partial charge in [-0.2, -0.15) is 0 Å². The Bertz CT molecular complexity index is 1000. The fourth-order valence-electron chi connectivity index (χ4n) is 2.58. The van der Waals surface area contributed by atoms with E-state index in [4.69, 9.17) is 4.74 Å². The second-order valence-corrected chi connectivity index (χ2v) is 7.67. The number of carbonyl (C=O) groups excluding carboxylic acids is 1. The highest BCUT2D eigenvalue weighted by atomic mass is 32.2. The summed E-state index contributed by atoms with van der Waals surface area (Å²) in [7, 11) is 0. The van der Waals surface area contributed by atoms with E-state index in [1.54, 1.807) is 30.6 Å². The fraction of sp³-hybridized carbons (Fsp3) is 0.250. The molecule has 0 radical (unpaired) electrons. The number of nitrogens with zero attached hydrogens (tertiary/aromatic N) is 3. The zero-order valence-electron chi connectivity index (χ0n) is 16.0. The number of nitrogens with one attached hydrogen (secondary N) is 1. The molecular weight excluding hydrogens is 392 g/mol. The van der Waals surface area contributed by atoms with Crippen molar-refractivity contribution in [1.29, 1.82) is 0 Å². The summed E-state index contributed by atoms with van der Waals surface area (Å²) in [5.41, 5.74) is 1.71. The van der Waals surface area contributed by atoms with E-state index in [1.165, 1.54) is 23.9 Å². The van der Waals surface area contributed by atoms with E-state index in [9.17, 15) is 14.9 Å². The predicted molar refractivity (Wildman–Crippen MR) is 108 cm³/mol. The molecule has 0 saturated carbocycles. The lowest BCUT2D eigenvalue weighted by Gasteiger charge is -2.05. The van der Waals surface area contributed by atoms with Gasteiger partial charge in [0.1, 0.15) is 23.9 Å². The summed E-state index contributed by atoms with van der Waals surface area (Å²) in [6.45, 7) is 4.17. The van der Waals surface area contributed by atoms with Crippen LogP contribution >= 0.6 is 11.8 Å². The standard InChI is InChI=1S/C20H20N4O4S/c1-13(2)19-20(29-16-7-3-6-15(9-16)24(26)27)23-17(22-19)10-18(25)28-12-14-5-4-8-21-11-14/h3-9,11,13H,10,12H2,1-2H3,(H,22,23). The molecule has 1 N–H and O–H groups in total. The van der Waals surface area contributed by atoms with Crippen LogP contribution in [0, 0.1) is 10.1 Å². The fourth-order valence-corrected chi connectivity index (χ4v) is 3.68. The molecule has 2 aromatic heterocycles. The third kappa shape index (κ3) is 5.64. The third-order valence-electron chi connectivity index (χ3n) is 4.00. The van der Waals surface area contributed by atoms with Crippen molar-refractivity contribution >= 4 is 23.4 Å². The van der Waals surface area contributed by atoms with Crippen LogP contribution in [-0.2, 0) is 22.6 Å². The van der Waals surface area contributed by atoms with Crippen molar-refractivity contribution in [3.63, 3.8) is 0 Å². The topological polar surface area (TPSA) is 111 Å². The lowest BCUT2D eigenvalue weighted by molar-refractivity contribution is -0.385. The van der Waals surface area contributed by atoms with Gasteiger partial charge in [0.15, 0.2) is 0 Å². The molecule has 8 nitrogen and oxygen atoms in total. The Labute approximate surface area is 171 Å². The Kier molecular flexibility index (Phi) is 6.61. The summed E-state index contributed by atoms with van der Waals surface area (Å²) >= 11 is 1.33. The Hall–Kier alpha value is -3.20. The number of nitro benzene ring substituents is 1. The summed E-state index contributed by atoms with van der Waals surface area (Å²) in [5, 5.41) is 11.7. The lowest BCUT2D eigenvalue weighted by atomic mass is 10.2. The quantitative estimate of drug-likeness (QED) is 0.334. The number of carbonyl (C=O) groups is 1. The molecule has 9 heteroatoms. The minimum atomic E-state index is -0.429. The number of H-pyrrole nitrogens is 1. The molecule has 0 fully saturated rings. The molecule has 0 spiro atoms. The first-order valence-electron chi connectivity index (χ1n) is 8.98. The van der Waals surface area contributed by atoms with Gasteiger partial charge in [0.25, 0.3) is 5.69 Å². The van der Waals surface area contributed by atoms with E-state index >= 15 is 0 Å². The van der Waals surface area contributed by atoms with Crippen LogP contribution in [-0.4, -0.2) is 25.8 Å². The molecule has 0 atom stereocenters. The number of nitro groups is 1. The molecule has 150 valence electrons. The molecule has 3 rings (SSSR count). The van der Waals surface area contributed by atoms with E-state index in [0.29, 0.717) is 15.7 Å². The maximum atomic E-state index is 12.2. The van der Waals surface area contributed by atoms with Gasteiger partial charge >= 0.3 is 5.97 Å². The number of ether oxygens (including phenoxy) is 1. The first-order chi connectivity index (χ1) is 13.9. The SMILES string of the molecule is CC(C)c1[nH]c(CC(=O)OCc2cccnc2)nc1Sc1cccc([N+](=O)[O-])c1. The van der Waals surface area contributed by atoms with Gasteiger partial charge in [-0.25, -0.2) is 4.98 Å². The predicted octanol–water partition coefficient (Wildman–Crippen LogP) is 4.27. The largest absolute Gasteiger partial charge is 0.460 e. The molecule has 2 heterocycles. The zero-order chi connectivity index (χ0) is 20.8. The molecule has 0 unspecified atom stereocenters. The van der Waals surface area contributed by atoms with Crippen molar-refractivity contribution < 1.29 is 14.5 Å². The van der Waals surface area contributed by atoms with Crippen LogP contribution in [0.3, 0.4) is 0 Å². The number of pyridine rings is 1. The van der Waals surface area contributed by atoms with Crippen molar-refractivity contribution in [2.75, 3.05) is 0 Å². The van der Waals surface area contributed by atoms with E-state index < -0.39 is 10.9 Å². The molecule has 1 aromatic carbocycles. The first-order valence-corrected chi connectivity index (χ1v) is 9.79. The molecule has 0 saturated heterocycles. The second kappa shape index (κ2) is 9.33. The molecule has 0 aliphatic heterocycles. The average Bonchev–Trinajstić information content (AvgIpc) is 3.09. The minimum absolute atomic E-state index is 0.00940. The zero-order valence-corrected chi connectivity index (χ0v) is 16.8. The summed E-state index contributed by atoms with van der Waals surface area (Å²) < 4.78 is 5.28. The van der Waals surface area contributed by atoms with Crippen LogP contribution in [0.25, 0.3) is 0 Å². The molecule has 0 aliphatic rings. The number of hydrogen-bond donors (Lipinski definition) is 1.